The fourth-order valence-electron chi connectivity index (χ4n) is 8.17. The number of imidazole rings is 1. The Labute approximate surface area is 286 Å². The summed E-state index contributed by atoms with van der Waals surface area (Å²) in [6, 6.07) is 11.8. The van der Waals surface area contributed by atoms with Crippen LogP contribution in [0.15, 0.2) is 41.2 Å². The molecule has 0 spiro atoms. The van der Waals surface area contributed by atoms with Gasteiger partial charge in [-0.3, -0.25) is 24.0 Å². The average molecular weight is 674 g/mol. The van der Waals surface area contributed by atoms with Crippen LogP contribution in [0.1, 0.15) is 82.4 Å². The number of aryl methyl sites for hydroxylation is 2. The van der Waals surface area contributed by atoms with Gasteiger partial charge in [0.25, 0.3) is 0 Å². The van der Waals surface area contributed by atoms with Crippen LogP contribution < -0.4 is 21.2 Å². The maximum atomic E-state index is 13.5. The number of imide groups is 1. The molecule has 0 saturated carbocycles. The molecule has 0 radical (unpaired) electrons. The molecule has 4 amide bonds. The molecule has 3 fully saturated rings. The number of rotatable bonds is 6. The molecule has 256 valence electrons. The highest BCUT2D eigenvalue weighted by Crippen LogP contribution is 2.38. The Morgan fingerprint density at radius 1 is 0.979 bits per heavy atom. The van der Waals surface area contributed by atoms with E-state index in [1.165, 1.54) is 24.8 Å². The summed E-state index contributed by atoms with van der Waals surface area (Å²) in [6.07, 6.45) is 7.86. The van der Waals surface area contributed by atoms with E-state index in [0.29, 0.717) is 25.6 Å². The summed E-state index contributed by atoms with van der Waals surface area (Å²) in [5.41, 5.74) is 5.89. The van der Waals surface area contributed by atoms with Crippen LogP contribution in [0.2, 0.25) is 0 Å². The van der Waals surface area contributed by atoms with Crippen LogP contribution in [0.4, 0.5) is 16.2 Å². The first kappa shape index (κ1) is 32.8. The van der Waals surface area contributed by atoms with Crippen molar-refractivity contribution in [2.75, 3.05) is 36.4 Å². The number of nitrogens with one attached hydrogen (secondary N) is 2. The summed E-state index contributed by atoms with van der Waals surface area (Å²) in [6.45, 7) is 8.05. The second-order valence-corrected chi connectivity index (χ2v) is 15.4. The molecule has 4 aliphatic heterocycles. The Kier molecular flexibility index (Phi) is 9.06. The number of nitrogens with zero attached hydrogens (tertiary/aromatic N) is 5. The number of fused-ring (bicyclic) bond motifs is 3. The standard InChI is InChI=1S/C36H47N7O4S/c1-36(2)17-4-5-19-42(36)48-23-24-8-6-9-25(22-24)37-34(46)40-20-15-26(16-21-40)41-18-7-10-27-28(41)11-12-29-32(27)39(3)35(47)43(29)30-13-14-31(44)38-33(30)45/h6,8-9,11-12,22,26,30H,4-5,7,10,13-21,23H2,1-3H3,(H,37,46)(H,38,44,45). The first-order valence-corrected chi connectivity index (χ1v) is 18.4. The Morgan fingerprint density at radius 3 is 2.56 bits per heavy atom. The van der Waals surface area contributed by atoms with Crippen molar-refractivity contribution in [1.29, 1.82) is 0 Å². The lowest BCUT2D eigenvalue weighted by atomic mass is 9.93. The number of benzene rings is 2. The number of anilines is 2. The molecule has 5 heterocycles. The number of aromatic nitrogens is 2. The lowest BCUT2D eigenvalue weighted by Crippen LogP contribution is -2.49. The van der Waals surface area contributed by atoms with Gasteiger partial charge in [-0.1, -0.05) is 30.5 Å². The molecule has 0 bridgehead atoms. The normalized spacial score (nSPS) is 22.1. The van der Waals surface area contributed by atoms with Crippen LogP contribution in [0.3, 0.4) is 0 Å². The number of carbonyl (C=O) groups is 3. The highest BCUT2D eigenvalue weighted by Gasteiger charge is 2.35. The average Bonchev–Trinajstić information content (AvgIpc) is 3.33. The summed E-state index contributed by atoms with van der Waals surface area (Å²) in [4.78, 5) is 55.7. The third-order valence-electron chi connectivity index (χ3n) is 10.8. The Morgan fingerprint density at radius 2 is 1.79 bits per heavy atom. The van der Waals surface area contributed by atoms with Gasteiger partial charge in [-0.25, -0.2) is 13.9 Å². The molecule has 12 heteroatoms. The molecule has 4 aliphatic rings. The molecule has 3 aromatic rings. The number of likely N-dealkylation sites (tertiary alicyclic amines) is 1. The zero-order valence-corrected chi connectivity index (χ0v) is 29.1. The smallest absolute Gasteiger partial charge is 0.329 e. The SMILES string of the molecule is Cn1c(=O)n(C2CCC(=O)NC2=O)c2ccc3c(c21)CCCN3C1CCN(C(=O)Nc2cccc(CSN3CCCCC3(C)C)c2)CC1. The van der Waals surface area contributed by atoms with E-state index in [4.69, 9.17) is 0 Å². The molecule has 1 unspecified atom stereocenters. The minimum atomic E-state index is -0.694. The zero-order chi connectivity index (χ0) is 33.6. The Hall–Kier alpha value is -3.77. The van der Waals surface area contributed by atoms with Crippen LogP contribution in [0.25, 0.3) is 11.0 Å². The van der Waals surface area contributed by atoms with E-state index in [1.54, 1.807) is 16.2 Å². The summed E-state index contributed by atoms with van der Waals surface area (Å²) >= 11 is 1.89. The number of amides is 4. The molecule has 11 nitrogen and oxygen atoms in total. The molecule has 2 N–H and O–H groups in total. The number of carbonyl (C=O) groups excluding carboxylic acids is 3. The zero-order valence-electron chi connectivity index (χ0n) is 28.3. The van der Waals surface area contributed by atoms with E-state index in [-0.39, 0.29) is 29.6 Å². The maximum absolute atomic E-state index is 13.5. The minimum Gasteiger partial charge on any atom is -0.368 e. The van der Waals surface area contributed by atoms with Gasteiger partial charge >= 0.3 is 11.7 Å². The minimum absolute atomic E-state index is 0.0547. The van der Waals surface area contributed by atoms with Crippen LogP contribution >= 0.6 is 11.9 Å². The van der Waals surface area contributed by atoms with Gasteiger partial charge < -0.3 is 15.1 Å². The fourth-order valence-corrected chi connectivity index (χ4v) is 9.35. The van der Waals surface area contributed by atoms with E-state index >= 15 is 0 Å². The van der Waals surface area contributed by atoms with Crippen LogP contribution in [0.5, 0.6) is 0 Å². The quantitative estimate of drug-likeness (QED) is 0.274. The highest BCUT2D eigenvalue weighted by atomic mass is 32.2. The number of piperidine rings is 3. The lowest BCUT2D eigenvalue weighted by Gasteiger charge is -2.42. The third-order valence-corrected chi connectivity index (χ3v) is 12.3. The van der Waals surface area contributed by atoms with Gasteiger partial charge in [-0.15, -0.1) is 0 Å². The monoisotopic (exact) mass is 673 g/mol. The van der Waals surface area contributed by atoms with E-state index in [9.17, 15) is 19.2 Å². The summed E-state index contributed by atoms with van der Waals surface area (Å²) < 4.78 is 5.75. The van der Waals surface area contributed by atoms with Gasteiger partial charge in [0.15, 0.2) is 0 Å². The van der Waals surface area contributed by atoms with Gasteiger partial charge in [0.2, 0.25) is 11.8 Å². The summed E-state index contributed by atoms with van der Waals surface area (Å²) in [5.74, 6) is 0.176. The summed E-state index contributed by atoms with van der Waals surface area (Å²) in [5, 5.41) is 5.55. The van der Waals surface area contributed by atoms with Crippen molar-refractivity contribution < 1.29 is 14.4 Å². The molecule has 48 heavy (non-hydrogen) atoms. The third kappa shape index (κ3) is 6.24. The van der Waals surface area contributed by atoms with Crippen molar-refractivity contribution >= 4 is 52.2 Å². The van der Waals surface area contributed by atoms with Crippen molar-refractivity contribution in [3.8, 4) is 0 Å². The van der Waals surface area contributed by atoms with Crippen LogP contribution in [-0.2, 0) is 28.8 Å². The van der Waals surface area contributed by atoms with Crippen LogP contribution in [0, 0.1) is 0 Å². The highest BCUT2D eigenvalue weighted by molar-refractivity contribution is 7.96. The number of hydrogen-bond donors (Lipinski definition) is 2. The first-order chi connectivity index (χ1) is 23.1. The second kappa shape index (κ2) is 13.3. The summed E-state index contributed by atoms with van der Waals surface area (Å²) in [7, 11) is 1.77. The van der Waals surface area contributed by atoms with Crippen molar-refractivity contribution in [1.82, 2.24) is 23.7 Å². The largest absolute Gasteiger partial charge is 0.368 e. The Balaban J connectivity index is 1.000. The second-order valence-electron chi connectivity index (χ2n) is 14.4. The molecular weight excluding hydrogens is 627 g/mol. The van der Waals surface area contributed by atoms with E-state index in [2.05, 4.69) is 51.9 Å². The molecule has 3 saturated heterocycles. The first-order valence-electron chi connectivity index (χ1n) is 17.5. The topological polar surface area (TPSA) is 112 Å². The van der Waals surface area contributed by atoms with E-state index in [0.717, 1.165) is 72.5 Å². The van der Waals surface area contributed by atoms with E-state index in [1.807, 2.05) is 35.0 Å². The number of hydrogen-bond acceptors (Lipinski definition) is 7. The van der Waals surface area contributed by atoms with Crippen molar-refractivity contribution in [2.45, 2.75) is 95.0 Å². The number of urea groups is 1. The molecule has 0 aliphatic carbocycles. The van der Waals surface area contributed by atoms with Crippen LogP contribution in [-0.4, -0.2) is 73.9 Å². The lowest BCUT2D eigenvalue weighted by molar-refractivity contribution is -0.135. The molecule has 1 aromatic heterocycles. The Bertz CT molecular complexity index is 1790. The van der Waals surface area contributed by atoms with Gasteiger partial charge in [0, 0.05) is 73.9 Å². The van der Waals surface area contributed by atoms with Crippen molar-refractivity contribution in [3.63, 3.8) is 0 Å². The predicted molar refractivity (Wildman–Crippen MR) is 190 cm³/mol. The van der Waals surface area contributed by atoms with Gasteiger partial charge in [-0.2, -0.15) is 0 Å². The molecule has 2 aromatic carbocycles. The molecule has 7 rings (SSSR count). The predicted octanol–water partition coefficient (Wildman–Crippen LogP) is 5.18. The van der Waals surface area contributed by atoms with Crippen molar-refractivity contribution in [2.24, 2.45) is 7.05 Å². The molecule has 1 atom stereocenters. The van der Waals surface area contributed by atoms with Gasteiger partial charge in [-0.05, 0) is 88.6 Å². The fraction of sp³-hybridized carbons (Fsp3) is 0.556. The van der Waals surface area contributed by atoms with Gasteiger partial charge in [0.05, 0.1) is 11.0 Å². The van der Waals surface area contributed by atoms with Crippen molar-refractivity contribution in [3.05, 3.63) is 58.0 Å². The maximum Gasteiger partial charge on any atom is 0.329 e. The van der Waals surface area contributed by atoms with E-state index < -0.39 is 11.9 Å². The molecular formula is C36H47N7O4S. The van der Waals surface area contributed by atoms with Gasteiger partial charge in [0.1, 0.15) is 6.04 Å².